The number of aryl methyl sites for hydroxylation is 1. The Morgan fingerprint density at radius 3 is 2.90 bits per heavy atom. The minimum absolute atomic E-state index is 0.588. The highest BCUT2D eigenvalue weighted by molar-refractivity contribution is 7.22. The van der Waals surface area contributed by atoms with E-state index in [0.29, 0.717) is 6.04 Å². The van der Waals surface area contributed by atoms with Crippen molar-refractivity contribution in [3.05, 3.63) is 23.8 Å². The highest BCUT2D eigenvalue weighted by Crippen LogP contribution is 2.28. The van der Waals surface area contributed by atoms with Gasteiger partial charge in [-0.1, -0.05) is 24.3 Å². The molecule has 2 aromatic rings. The summed E-state index contributed by atoms with van der Waals surface area (Å²) >= 11 is 1.77. The third-order valence-electron chi connectivity index (χ3n) is 4.00. The first kappa shape index (κ1) is 13.8. The minimum Gasteiger partial charge on any atom is -0.359 e. The Morgan fingerprint density at radius 1 is 1.35 bits per heavy atom. The number of aromatic nitrogens is 1. The Labute approximate surface area is 125 Å². The standard InChI is InChI=1S/C16H23N3S/c1-3-8-19-9-6-13(7-10-19)17-16-18-14-11-12(2)4-5-15(14)20-16/h4-5,11,13H,3,6-10H2,1-2H3,(H,17,18). The summed E-state index contributed by atoms with van der Waals surface area (Å²) in [6.45, 7) is 8.06. The van der Waals surface area contributed by atoms with Crippen LogP contribution in [-0.4, -0.2) is 35.6 Å². The second-order valence-corrected chi connectivity index (χ2v) is 6.78. The van der Waals surface area contributed by atoms with Crippen LogP contribution in [0.5, 0.6) is 0 Å². The number of likely N-dealkylation sites (tertiary alicyclic amines) is 1. The van der Waals surface area contributed by atoms with Crippen molar-refractivity contribution in [3.8, 4) is 0 Å². The number of piperidine rings is 1. The van der Waals surface area contributed by atoms with E-state index in [1.165, 1.54) is 49.2 Å². The SMILES string of the molecule is CCCN1CCC(Nc2nc3cc(C)ccc3s2)CC1. The van der Waals surface area contributed by atoms with Gasteiger partial charge in [0.2, 0.25) is 0 Å². The van der Waals surface area contributed by atoms with Gasteiger partial charge in [-0.15, -0.1) is 0 Å². The number of benzene rings is 1. The number of thiazole rings is 1. The zero-order chi connectivity index (χ0) is 13.9. The highest BCUT2D eigenvalue weighted by Gasteiger charge is 2.19. The molecule has 0 saturated carbocycles. The van der Waals surface area contributed by atoms with Gasteiger partial charge in [0.25, 0.3) is 0 Å². The molecule has 1 fully saturated rings. The summed E-state index contributed by atoms with van der Waals surface area (Å²) in [5, 5.41) is 4.72. The van der Waals surface area contributed by atoms with Crippen LogP contribution < -0.4 is 5.32 Å². The van der Waals surface area contributed by atoms with Crippen LogP contribution in [0.4, 0.5) is 5.13 Å². The minimum atomic E-state index is 0.588. The van der Waals surface area contributed by atoms with E-state index in [1.54, 1.807) is 11.3 Å². The molecule has 1 N–H and O–H groups in total. The Hall–Kier alpha value is -1.13. The van der Waals surface area contributed by atoms with Crippen molar-refractivity contribution in [3.63, 3.8) is 0 Å². The van der Waals surface area contributed by atoms with Crippen LogP contribution >= 0.6 is 11.3 Å². The van der Waals surface area contributed by atoms with Crippen molar-refractivity contribution in [1.82, 2.24) is 9.88 Å². The maximum Gasteiger partial charge on any atom is 0.184 e. The Bertz CT molecular complexity index is 570. The van der Waals surface area contributed by atoms with Crippen molar-refractivity contribution in [2.24, 2.45) is 0 Å². The topological polar surface area (TPSA) is 28.2 Å². The van der Waals surface area contributed by atoms with Crippen molar-refractivity contribution in [2.75, 3.05) is 25.0 Å². The van der Waals surface area contributed by atoms with E-state index >= 15 is 0 Å². The molecule has 0 radical (unpaired) electrons. The molecule has 20 heavy (non-hydrogen) atoms. The average Bonchev–Trinajstić information content (AvgIpc) is 2.82. The summed E-state index contributed by atoms with van der Waals surface area (Å²) in [4.78, 5) is 7.29. The first-order valence-electron chi connectivity index (χ1n) is 7.60. The van der Waals surface area contributed by atoms with E-state index in [9.17, 15) is 0 Å². The molecule has 3 rings (SSSR count). The highest BCUT2D eigenvalue weighted by atomic mass is 32.1. The lowest BCUT2D eigenvalue weighted by molar-refractivity contribution is 0.219. The van der Waals surface area contributed by atoms with Gasteiger partial charge in [0.15, 0.2) is 5.13 Å². The first-order valence-corrected chi connectivity index (χ1v) is 8.42. The maximum absolute atomic E-state index is 4.72. The fraction of sp³-hybridized carbons (Fsp3) is 0.562. The lowest BCUT2D eigenvalue weighted by Gasteiger charge is -2.31. The molecule has 1 aliphatic heterocycles. The molecule has 108 valence electrons. The van der Waals surface area contributed by atoms with Gasteiger partial charge < -0.3 is 10.2 Å². The molecule has 1 aromatic heterocycles. The average molecular weight is 289 g/mol. The monoisotopic (exact) mass is 289 g/mol. The quantitative estimate of drug-likeness (QED) is 0.925. The summed E-state index contributed by atoms with van der Waals surface area (Å²) in [5.41, 5.74) is 2.41. The third-order valence-corrected chi connectivity index (χ3v) is 4.97. The zero-order valence-corrected chi connectivity index (χ0v) is 13.2. The molecule has 4 heteroatoms. The molecule has 0 atom stereocenters. The number of nitrogens with one attached hydrogen (secondary N) is 1. The lowest BCUT2D eigenvalue weighted by Crippen LogP contribution is -2.39. The predicted molar refractivity (Wildman–Crippen MR) is 87.7 cm³/mol. The van der Waals surface area contributed by atoms with E-state index < -0.39 is 0 Å². The van der Waals surface area contributed by atoms with Gasteiger partial charge in [0.05, 0.1) is 10.2 Å². The van der Waals surface area contributed by atoms with Crippen molar-refractivity contribution in [2.45, 2.75) is 39.2 Å². The molecule has 0 amide bonds. The van der Waals surface area contributed by atoms with Gasteiger partial charge in [-0.2, -0.15) is 0 Å². The number of nitrogens with zero attached hydrogens (tertiary/aromatic N) is 2. The normalized spacial score (nSPS) is 17.7. The maximum atomic E-state index is 4.72. The van der Waals surface area contributed by atoms with Gasteiger partial charge in [-0.05, 0) is 50.4 Å². The summed E-state index contributed by atoms with van der Waals surface area (Å²) in [5.74, 6) is 0. The second kappa shape index (κ2) is 6.10. The summed E-state index contributed by atoms with van der Waals surface area (Å²) in [6.07, 6.45) is 3.72. The molecule has 1 saturated heterocycles. The van der Waals surface area contributed by atoms with Crippen LogP contribution in [0.25, 0.3) is 10.2 Å². The second-order valence-electron chi connectivity index (χ2n) is 5.75. The molecule has 3 nitrogen and oxygen atoms in total. The van der Waals surface area contributed by atoms with Gasteiger partial charge in [-0.3, -0.25) is 0 Å². The van der Waals surface area contributed by atoms with E-state index in [1.807, 2.05) is 0 Å². The summed E-state index contributed by atoms with van der Waals surface area (Å²) in [7, 11) is 0. The molecule has 0 spiro atoms. The Kier molecular flexibility index (Phi) is 4.22. The van der Waals surface area contributed by atoms with Crippen molar-refractivity contribution in [1.29, 1.82) is 0 Å². The molecule has 1 aromatic carbocycles. The fourth-order valence-corrected chi connectivity index (χ4v) is 3.81. The van der Waals surface area contributed by atoms with Crippen molar-refractivity contribution < 1.29 is 0 Å². The van der Waals surface area contributed by atoms with Crippen molar-refractivity contribution >= 4 is 26.7 Å². The van der Waals surface area contributed by atoms with Crippen LogP contribution in [0.2, 0.25) is 0 Å². The first-order chi connectivity index (χ1) is 9.74. The van der Waals surface area contributed by atoms with Gasteiger partial charge in [0, 0.05) is 19.1 Å². The number of fused-ring (bicyclic) bond motifs is 1. The third kappa shape index (κ3) is 3.13. The lowest BCUT2D eigenvalue weighted by atomic mass is 10.1. The van der Waals surface area contributed by atoms with E-state index in [2.05, 4.69) is 42.3 Å². The molecule has 1 aliphatic rings. The molecular formula is C16H23N3S. The number of hydrogen-bond donors (Lipinski definition) is 1. The van der Waals surface area contributed by atoms with E-state index in [4.69, 9.17) is 4.98 Å². The van der Waals surface area contributed by atoms with Crippen LogP contribution in [0.1, 0.15) is 31.7 Å². The summed E-state index contributed by atoms with van der Waals surface area (Å²) < 4.78 is 1.28. The van der Waals surface area contributed by atoms with Crippen LogP contribution in [0, 0.1) is 6.92 Å². The number of rotatable bonds is 4. The van der Waals surface area contributed by atoms with Crippen LogP contribution in [0.15, 0.2) is 18.2 Å². The van der Waals surface area contributed by atoms with Crippen LogP contribution in [0.3, 0.4) is 0 Å². The Morgan fingerprint density at radius 2 is 2.15 bits per heavy atom. The summed E-state index contributed by atoms with van der Waals surface area (Å²) in [6, 6.07) is 7.09. The molecule has 0 bridgehead atoms. The molecule has 0 unspecified atom stereocenters. The number of anilines is 1. The molecule has 0 aliphatic carbocycles. The predicted octanol–water partition coefficient (Wildman–Crippen LogP) is 3.89. The zero-order valence-electron chi connectivity index (χ0n) is 12.4. The smallest absolute Gasteiger partial charge is 0.184 e. The number of hydrogen-bond acceptors (Lipinski definition) is 4. The van der Waals surface area contributed by atoms with Crippen LogP contribution in [-0.2, 0) is 0 Å². The largest absolute Gasteiger partial charge is 0.359 e. The molecular weight excluding hydrogens is 266 g/mol. The Balaban J connectivity index is 1.62. The fourth-order valence-electron chi connectivity index (χ4n) is 2.89. The van der Waals surface area contributed by atoms with E-state index in [0.717, 1.165) is 10.6 Å². The molecule has 2 heterocycles. The van der Waals surface area contributed by atoms with Gasteiger partial charge >= 0.3 is 0 Å². The van der Waals surface area contributed by atoms with E-state index in [-0.39, 0.29) is 0 Å². The van der Waals surface area contributed by atoms with Gasteiger partial charge in [-0.25, -0.2) is 4.98 Å². The van der Waals surface area contributed by atoms with Gasteiger partial charge in [0.1, 0.15) is 0 Å².